The second-order valence-electron chi connectivity index (χ2n) is 6.78. The van der Waals surface area contributed by atoms with E-state index in [-0.39, 0.29) is 0 Å². The van der Waals surface area contributed by atoms with E-state index in [4.69, 9.17) is 0 Å². The molecule has 1 aromatic rings. The third kappa shape index (κ3) is 3.35. The fraction of sp³-hybridized carbons (Fsp3) is 0.812. The molecule has 1 aliphatic carbocycles. The van der Waals surface area contributed by atoms with Crippen LogP contribution in [0.4, 0.5) is 5.69 Å². The van der Waals surface area contributed by atoms with Crippen LogP contribution in [0, 0.1) is 5.92 Å². The van der Waals surface area contributed by atoms with Crippen molar-refractivity contribution in [3.63, 3.8) is 0 Å². The van der Waals surface area contributed by atoms with Crippen molar-refractivity contribution in [1.82, 2.24) is 14.7 Å². The Labute approximate surface area is 122 Å². The predicted octanol–water partition coefficient (Wildman–Crippen LogP) is 2.88. The van der Waals surface area contributed by atoms with E-state index in [0.717, 1.165) is 17.6 Å². The molecular formula is C16H28N4. The number of nitrogens with zero attached hydrogens (tertiary/aromatic N) is 3. The van der Waals surface area contributed by atoms with Crippen molar-refractivity contribution in [3.8, 4) is 0 Å². The second-order valence-corrected chi connectivity index (χ2v) is 6.78. The molecule has 0 spiro atoms. The number of likely N-dealkylation sites (tertiary alicyclic amines) is 1. The minimum Gasteiger partial charge on any atom is -0.380 e. The summed E-state index contributed by atoms with van der Waals surface area (Å²) in [5, 5.41) is 7.85. The Bertz CT molecular complexity index is 420. The van der Waals surface area contributed by atoms with Gasteiger partial charge in [0.1, 0.15) is 0 Å². The van der Waals surface area contributed by atoms with Crippen molar-refractivity contribution in [3.05, 3.63) is 12.4 Å². The Hall–Kier alpha value is -1.03. The van der Waals surface area contributed by atoms with E-state index in [1.165, 1.54) is 51.6 Å². The standard InChI is InChI=1S/C16H28N4/c1-13-4-3-5-16(10-13)20-8-6-14(7-9-20)18-15-11-17-19(2)12-15/h11-14,16,18H,3-10H2,1-2H3/t13-,16+/m1/s1. The van der Waals surface area contributed by atoms with Gasteiger partial charge in [-0.1, -0.05) is 19.8 Å². The second kappa shape index (κ2) is 6.17. The number of nitrogens with one attached hydrogen (secondary N) is 1. The van der Waals surface area contributed by atoms with E-state index < -0.39 is 0 Å². The van der Waals surface area contributed by atoms with E-state index in [1.807, 2.05) is 17.9 Å². The van der Waals surface area contributed by atoms with Gasteiger partial charge in [-0.2, -0.15) is 5.10 Å². The molecule has 2 aliphatic rings. The summed E-state index contributed by atoms with van der Waals surface area (Å²) in [6.07, 6.45) is 12.2. The topological polar surface area (TPSA) is 33.1 Å². The highest BCUT2D eigenvalue weighted by Crippen LogP contribution is 2.29. The van der Waals surface area contributed by atoms with Gasteiger partial charge in [0.05, 0.1) is 11.9 Å². The number of hydrogen-bond acceptors (Lipinski definition) is 3. The van der Waals surface area contributed by atoms with Gasteiger partial charge in [0.25, 0.3) is 0 Å². The SMILES string of the molecule is C[C@@H]1CCC[C@H](N2CCC(Nc3cnn(C)c3)CC2)C1. The van der Waals surface area contributed by atoms with E-state index in [9.17, 15) is 0 Å². The summed E-state index contributed by atoms with van der Waals surface area (Å²) in [4.78, 5) is 2.75. The number of piperidine rings is 1. The molecule has 1 aromatic heterocycles. The molecule has 1 aliphatic heterocycles. The normalized spacial score (nSPS) is 29.5. The lowest BCUT2D eigenvalue weighted by molar-refractivity contribution is 0.109. The lowest BCUT2D eigenvalue weighted by Crippen LogP contribution is -2.46. The van der Waals surface area contributed by atoms with Gasteiger partial charge >= 0.3 is 0 Å². The fourth-order valence-corrected chi connectivity index (χ4v) is 3.87. The zero-order chi connectivity index (χ0) is 13.9. The maximum absolute atomic E-state index is 4.22. The monoisotopic (exact) mass is 276 g/mol. The average Bonchev–Trinajstić information content (AvgIpc) is 2.85. The van der Waals surface area contributed by atoms with Gasteiger partial charge in [-0.15, -0.1) is 0 Å². The Morgan fingerprint density at radius 3 is 2.65 bits per heavy atom. The number of rotatable bonds is 3. The highest BCUT2D eigenvalue weighted by atomic mass is 15.3. The molecule has 0 amide bonds. The molecule has 2 fully saturated rings. The molecule has 2 atom stereocenters. The minimum atomic E-state index is 0.622. The van der Waals surface area contributed by atoms with Crippen LogP contribution in [0.3, 0.4) is 0 Å². The number of hydrogen-bond donors (Lipinski definition) is 1. The first-order valence-electron chi connectivity index (χ1n) is 8.20. The van der Waals surface area contributed by atoms with Crippen LogP contribution in [0.25, 0.3) is 0 Å². The first-order chi connectivity index (χ1) is 9.70. The molecule has 0 radical (unpaired) electrons. The molecule has 1 saturated carbocycles. The van der Waals surface area contributed by atoms with Crippen molar-refractivity contribution < 1.29 is 0 Å². The third-order valence-electron chi connectivity index (χ3n) is 5.03. The van der Waals surface area contributed by atoms with Crippen LogP contribution in [0.1, 0.15) is 45.4 Å². The molecular weight excluding hydrogens is 248 g/mol. The summed E-state index contributed by atoms with van der Waals surface area (Å²) < 4.78 is 1.86. The molecule has 112 valence electrons. The van der Waals surface area contributed by atoms with Crippen molar-refractivity contribution in [2.24, 2.45) is 13.0 Å². The molecule has 0 aromatic carbocycles. The van der Waals surface area contributed by atoms with E-state index in [1.54, 1.807) is 0 Å². The molecule has 4 heteroatoms. The molecule has 2 heterocycles. The van der Waals surface area contributed by atoms with Gasteiger partial charge < -0.3 is 10.2 Å². The van der Waals surface area contributed by atoms with Crippen LogP contribution in [0.15, 0.2) is 12.4 Å². The maximum Gasteiger partial charge on any atom is 0.0728 e. The van der Waals surface area contributed by atoms with Crippen molar-refractivity contribution >= 4 is 5.69 Å². The Morgan fingerprint density at radius 2 is 2.00 bits per heavy atom. The summed E-state index contributed by atoms with van der Waals surface area (Å²) in [5.74, 6) is 0.931. The van der Waals surface area contributed by atoms with Crippen LogP contribution in [-0.4, -0.2) is 39.9 Å². The molecule has 20 heavy (non-hydrogen) atoms. The van der Waals surface area contributed by atoms with Crippen LogP contribution in [0.5, 0.6) is 0 Å². The molecule has 4 nitrogen and oxygen atoms in total. The van der Waals surface area contributed by atoms with Gasteiger partial charge in [-0.25, -0.2) is 0 Å². The molecule has 3 rings (SSSR count). The largest absolute Gasteiger partial charge is 0.380 e. The lowest BCUT2D eigenvalue weighted by Gasteiger charge is -2.41. The van der Waals surface area contributed by atoms with E-state index in [2.05, 4.69) is 28.4 Å². The highest BCUT2D eigenvalue weighted by molar-refractivity contribution is 5.39. The fourth-order valence-electron chi connectivity index (χ4n) is 3.87. The van der Waals surface area contributed by atoms with Gasteiger partial charge in [0.15, 0.2) is 0 Å². The first kappa shape index (κ1) is 13.9. The number of aryl methyl sites for hydroxylation is 1. The molecule has 1 saturated heterocycles. The van der Waals surface area contributed by atoms with Crippen molar-refractivity contribution in [1.29, 1.82) is 0 Å². The number of anilines is 1. The first-order valence-corrected chi connectivity index (χ1v) is 8.20. The van der Waals surface area contributed by atoms with Crippen molar-refractivity contribution in [2.45, 2.75) is 57.5 Å². The van der Waals surface area contributed by atoms with Crippen LogP contribution in [0.2, 0.25) is 0 Å². The summed E-state index contributed by atoms with van der Waals surface area (Å²) in [6, 6.07) is 1.48. The summed E-state index contributed by atoms with van der Waals surface area (Å²) in [7, 11) is 1.97. The maximum atomic E-state index is 4.22. The Kier molecular flexibility index (Phi) is 4.29. The van der Waals surface area contributed by atoms with Crippen LogP contribution >= 0.6 is 0 Å². The zero-order valence-corrected chi connectivity index (χ0v) is 12.9. The van der Waals surface area contributed by atoms with E-state index in [0.29, 0.717) is 6.04 Å². The van der Waals surface area contributed by atoms with Crippen LogP contribution in [-0.2, 0) is 7.05 Å². The van der Waals surface area contributed by atoms with Gasteiger partial charge in [-0.3, -0.25) is 4.68 Å². The minimum absolute atomic E-state index is 0.622. The quantitative estimate of drug-likeness (QED) is 0.921. The smallest absolute Gasteiger partial charge is 0.0728 e. The highest BCUT2D eigenvalue weighted by Gasteiger charge is 2.28. The lowest BCUT2D eigenvalue weighted by atomic mass is 9.85. The molecule has 0 bridgehead atoms. The molecule has 0 unspecified atom stereocenters. The average molecular weight is 276 g/mol. The van der Waals surface area contributed by atoms with Crippen LogP contribution < -0.4 is 5.32 Å². The van der Waals surface area contributed by atoms with Crippen molar-refractivity contribution in [2.75, 3.05) is 18.4 Å². The number of aromatic nitrogens is 2. The van der Waals surface area contributed by atoms with Gasteiger partial charge in [0, 0.05) is 38.4 Å². The summed E-state index contributed by atoms with van der Waals surface area (Å²) >= 11 is 0. The predicted molar refractivity (Wildman–Crippen MR) is 82.8 cm³/mol. The molecule has 1 N–H and O–H groups in total. The summed E-state index contributed by atoms with van der Waals surface area (Å²) in [6.45, 7) is 4.94. The van der Waals surface area contributed by atoms with Gasteiger partial charge in [-0.05, 0) is 31.6 Å². The Balaban J connectivity index is 1.47. The third-order valence-corrected chi connectivity index (χ3v) is 5.03. The Morgan fingerprint density at radius 1 is 1.20 bits per heavy atom. The van der Waals surface area contributed by atoms with E-state index >= 15 is 0 Å². The van der Waals surface area contributed by atoms with Gasteiger partial charge in [0.2, 0.25) is 0 Å². The summed E-state index contributed by atoms with van der Waals surface area (Å²) in [5.41, 5.74) is 1.16. The zero-order valence-electron chi connectivity index (χ0n) is 12.9.